The lowest BCUT2D eigenvalue weighted by molar-refractivity contribution is -0.137. The van der Waals surface area contributed by atoms with Crippen LogP contribution in [0.2, 0.25) is 5.02 Å². The number of alkyl halides is 3. The monoisotopic (exact) mass is 1980 g/mol. The average Bonchev–Trinajstić information content (AvgIpc) is 1.68. The Bertz CT molecular complexity index is 6040. The third-order valence-corrected chi connectivity index (χ3v) is 26.7. The summed E-state index contributed by atoms with van der Waals surface area (Å²) in [5.41, 5.74) is 5.67. The Labute approximate surface area is 834 Å². The summed E-state index contributed by atoms with van der Waals surface area (Å²) >= 11 is 5.93. The summed E-state index contributed by atoms with van der Waals surface area (Å²) in [7, 11) is 7.04. The summed E-state index contributed by atoms with van der Waals surface area (Å²) in [6, 6.07) is 47.1. The van der Waals surface area contributed by atoms with E-state index in [4.69, 9.17) is 16.3 Å². The fourth-order valence-corrected chi connectivity index (χ4v) is 17.4. The first-order valence-electron chi connectivity index (χ1n) is 47.4. The second-order valence-electron chi connectivity index (χ2n) is 36.7. The van der Waals surface area contributed by atoms with Crippen molar-refractivity contribution in [3.05, 3.63) is 291 Å². The SMILES string of the molecule is CC(=O)N(C)[C@H]1CCN(C(=O)c2ccc(NCc3cccnc3)nc2)C1.CC(=O)N(C)[C@H]1CCN(C(=O)c2ccc(N[C@@H](C)c3ccc(Cl)cc3)nc2)C1.CC(=O)N(C)[C@H]1CCN(C(=O)c2ccc(N[C@@H](C)c3ccc(F)cc3F)nc2)C1.CC(=O)N(C)[C@H]1CCN(C(=O)c2ccc(N[C@@H](C)c3cccc(C(F)(F)F)c3)nc2)C1.CC(C)(Nc1ccc(C(=O)N2CC[C@H](N3CCOC3=O)C2)cn1)c1ccccc1. The number of aromatic nitrogens is 6. The number of hydrogen-bond acceptors (Lipinski definition) is 22. The number of hydrogen-bond donors (Lipinski definition) is 5. The van der Waals surface area contributed by atoms with Crippen LogP contribution >= 0.6 is 11.6 Å². The van der Waals surface area contributed by atoms with Gasteiger partial charge in [0, 0.05) is 200 Å². The highest BCUT2D eigenvalue weighted by Gasteiger charge is 2.40. The molecule has 38 heteroatoms. The number of cyclic esters (lactones) is 1. The Hall–Kier alpha value is -14.8. The number of halogens is 6. The molecule has 8 atom stereocenters. The lowest BCUT2D eigenvalue weighted by atomic mass is 9.94. The normalized spacial score (nSPS) is 17.5. The highest BCUT2D eigenvalue weighted by atomic mass is 35.5. The van der Waals surface area contributed by atoms with E-state index in [2.05, 4.69) is 82.5 Å². The van der Waals surface area contributed by atoms with Crippen molar-refractivity contribution in [2.24, 2.45) is 0 Å². The van der Waals surface area contributed by atoms with Gasteiger partial charge in [0.05, 0.1) is 81.7 Å². The molecule has 0 unspecified atom stereocenters. The summed E-state index contributed by atoms with van der Waals surface area (Å²) < 4.78 is 70.8. The van der Waals surface area contributed by atoms with E-state index in [9.17, 15) is 69.9 Å². The number of amides is 10. The summed E-state index contributed by atoms with van der Waals surface area (Å²) in [5, 5.41) is 16.8. The second kappa shape index (κ2) is 49.1. The van der Waals surface area contributed by atoms with Gasteiger partial charge in [-0.3, -0.25) is 53.0 Å². The molecule has 32 nitrogen and oxygen atoms in total. The van der Waals surface area contributed by atoms with E-state index in [1.54, 1.807) is 190 Å². The molecule has 10 aromatic rings. The van der Waals surface area contributed by atoms with Gasteiger partial charge in [-0.1, -0.05) is 78.3 Å². The van der Waals surface area contributed by atoms with Crippen LogP contribution in [0.3, 0.4) is 0 Å². The number of carbonyl (C=O) groups is 10. The van der Waals surface area contributed by atoms with Gasteiger partial charge in [0.25, 0.3) is 29.5 Å². The van der Waals surface area contributed by atoms with Crippen molar-refractivity contribution in [1.29, 1.82) is 0 Å². The van der Waals surface area contributed by atoms with Gasteiger partial charge in [-0.2, -0.15) is 13.2 Å². The molecule has 5 N–H and O–H groups in total. The second-order valence-corrected chi connectivity index (χ2v) is 37.2. The molecule has 4 aromatic carbocycles. The summed E-state index contributed by atoms with van der Waals surface area (Å²) in [4.78, 5) is 164. The number of nitrogens with one attached hydrogen (secondary N) is 5. The molecule has 6 aliphatic rings. The fourth-order valence-electron chi connectivity index (χ4n) is 17.3. The van der Waals surface area contributed by atoms with Crippen LogP contribution in [-0.4, -0.2) is 275 Å². The van der Waals surface area contributed by atoms with Crippen LogP contribution in [-0.2, 0) is 42.2 Å². The predicted octanol–water partition coefficient (Wildman–Crippen LogP) is 15.7. The number of nitrogens with zero attached hydrogens (tertiary/aromatic N) is 16. The molecule has 12 heterocycles. The van der Waals surface area contributed by atoms with Crippen molar-refractivity contribution in [2.75, 3.05) is 133 Å². The number of benzene rings is 4. The molecule has 0 radical (unpaired) electrons. The van der Waals surface area contributed by atoms with Crippen molar-refractivity contribution >= 4 is 99.9 Å². The van der Waals surface area contributed by atoms with Crippen LogP contribution < -0.4 is 26.6 Å². The molecule has 0 bridgehead atoms. The largest absolute Gasteiger partial charge is 0.448 e. The zero-order valence-corrected chi connectivity index (χ0v) is 83.2. The first-order chi connectivity index (χ1) is 68.1. The minimum atomic E-state index is -4.40. The van der Waals surface area contributed by atoms with Gasteiger partial charge in [-0.05, 0) is 186 Å². The third kappa shape index (κ3) is 29.2. The van der Waals surface area contributed by atoms with Crippen molar-refractivity contribution in [3.63, 3.8) is 0 Å². The molecule has 143 heavy (non-hydrogen) atoms. The Morgan fingerprint density at radius 3 is 1.22 bits per heavy atom. The van der Waals surface area contributed by atoms with E-state index in [1.165, 1.54) is 44.4 Å². The Balaban J connectivity index is 0.000000160. The average molecular weight is 1990 g/mol. The molecule has 0 spiro atoms. The number of rotatable bonds is 25. The van der Waals surface area contributed by atoms with E-state index in [0.29, 0.717) is 152 Å². The van der Waals surface area contributed by atoms with Crippen molar-refractivity contribution in [3.8, 4) is 0 Å². The van der Waals surface area contributed by atoms with Crippen LogP contribution in [0.5, 0.6) is 0 Å². The van der Waals surface area contributed by atoms with Crippen LogP contribution in [0.15, 0.2) is 213 Å². The van der Waals surface area contributed by atoms with Crippen LogP contribution in [0, 0.1) is 11.6 Å². The molecule has 756 valence electrons. The topological polar surface area (TPSA) is 350 Å². The maximum Gasteiger partial charge on any atom is 0.416 e. The first-order valence-corrected chi connectivity index (χ1v) is 47.8. The van der Waals surface area contributed by atoms with Gasteiger partial charge in [0.1, 0.15) is 47.3 Å². The van der Waals surface area contributed by atoms with Gasteiger partial charge < -0.3 is 75.4 Å². The van der Waals surface area contributed by atoms with E-state index in [1.807, 2.05) is 73.7 Å². The zero-order valence-electron chi connectivity index (χ0n) is 82.5. The molecule has 10 amide bonds. The third-order valence-electron chi connectivity index (χ3n) is 26.5. The standard InChI is InChI=1S/C22H25F3N4O2.C22H26N4O3.C21H25ClN4O2.C21H24F2N4O2.C19H23N5O2/c1-14(16-5-4-6-18(11-16)22(23,24)25)27-20-8-7-17(12-26-20)21(31)29-10-9-19(13-29)28(3)15(2)30;1-22(2,17-6-4-3-5-7-17)24-19-9-8-16(14-23-19)20(27)25-11-10-18(15-25)26-12-13-29-21(26)28;1-14(16-4-7-18(22)8-5-16)24-20-9-6-17(12-23-20)21(28)26-11-10-19(13-26)25(3)15(2)27;1-13(18-6-5-16(22)10-19(18)23)25-20-7-4-15(11-24-20)21(29)27-9-8-17(12-27)26(3)14(2)28;1-14(25)23(2)17-7-9-24(13-17)19(26)16-5-6-18(22-12-16)21-11-15-4-3-8-20-10-15/h4-8,11-12,14,19H,9-10,13H2,1-3H3,(H,26,27);3-9,14,18H,10-13,15H2,1-2H3,(H,23,24);4-9,12,14,19H,10-11,13H2,1-3H3,(H,23,24);4-7,10-11,13,17H,8-9,12H2,1-3H3,(H,24,25);3-6,8,10,12,17H,7,9,11,13H2,1-2H3,(H,21,22)/t14-,19-;18-;14-,19-;13-,17-;17-/m00000/s1. The van der Waals surface area contributed by atoms with Gasteiger partial charge in [0.2, 0.25) is 23.6 Å². The number of ether oxygens (including phenoxy) is 1. The number of pyridine rings is 6. The van der Waals surface area contributed by atoms with Crippen molar-refractivity contribution in [1.82, 2.24) is 78.9 Å². The van der Waals surface area contributed by atoms with E-state index < -0.39 is 35.5 Å². The van der Waals surface area contributed by atoms with Gasteiger partial charge in [-0.15, -0.1) is 0 Å². The molecule has 6 fully saturated rings. The Morgan fingerprint density at radius 2 is 0.832 bits per heavy atom. The van der Waals surface area contributed by atoms with Gasteiger partial charge in [0.15, 0.2) is 0 Å². The van der Waals surface area contributed by atoms with Crippen LogP contribution in [0.4, 0.5) is 55.8 Å². The van der Waals surface area contributed by atoms with E-state index >= 15 is 0 Å². The summed E-state index contributed by atoms with van der Waals surface area (Å²) in [5.74, 6) is 1.34. The van der Waals surface area contributed by atoms with E-state index in [0.717, 1.165) is 72.8 Å². The summed E-state index contributed by atoms with van der Waals surface area (Å²) in [6.45, 7) is 23.2. The van der Waals surface area contributed by atoms with Crippen LogP contribution in [0.25, 0.3) is 0 Å². The number of carbonyl (C=O) groups excluding carboxylic acids is 10. The zero-order chi connectivity index (χ0) is 103. The Morgan fingerprint density at radius 1 is 0.434 bits per heavy atom. The van der Waals surface area contributed by atoms with Gasteiger partial charge in [-0.25, -0.2) is 38.5 Å². The fraction of sp³-hybridized carbons (Fsp3) is 0.390. The molecular formula is C105H123ClF5N21O11. The minimum Gasteiger partial charge on any atom is -0.448 e. The smallest absolute Gasteiger partial charge is 0.416 e. The number of likely N-dealkylation sites (N-methyl/N-ethyl adjacent to an activating group) is 4. The molecule has 0 aliphatic carbocycles. The van der Waals surface area contributed by atoms with E-state index in [-0.39, 0.29) is 101 Å². The summed E-state index contributed by atoms with van der Waals surface area (Å²) in [6.07, 6.45) is 10.4. The maximum atomic E-state index is 13.9. The molecule has 16 rings (SSSR count). The maximum absolute atomic E-state index is 13.9. The lowest BCUT2D eigenvalue weighted by Gasteiger charge is -2.27. The van der Waals surface area contributed by atoms with Crippen LogP contribution in [0.1, 0.15) is 198 Å². The highest BCUT2D eigenvalue weighted by molar-refractivity contribution is 6.30. The number of likely N-dealkylation sites (tertiary alicyclic amines) is 5. The van der Waals surface area contributed by atoms with Gasteiger partial charge >= 0.3 is 12.3 Å². The Kier molecular flexibility index (Phi) is 36.7. The first kappa shape index (κ1) is 107. The lowest BCUT2D eigenvalue weighted by Crippen LogP contribution is -2.39. The minimum absolute atomic E-state index is 0.00339. The highest BCUT2D eigenvalue weighted by Crippen LogP contribution is 2.34. The molecule has 0 saturated carbocycles. The number of anilines is 5. The van der Waals surface area contributed by atoms with Crippen molar-refractivity contribution in [2.45, 2.75) is 161 Å². The predicted molar refractivity (Wildman–Crippen MR) is 535 cm³/mol. The molecule has 6 aromatic heterocycles. The molecule has 6 saturated heterocycles. The quantitative estimate of drug-likeness (QED) is 0.0332. The molecular weight excluding hydrogens is 1860 g/mol. The van der Waals surface area contributed by atoms with Crippen molar-refractivity contribution < 1.29 is 74.6 Å². The molecule has 6 aliphatic heterocycles.